The van der Waals surface area contributed by atoms with E-state index in [1.54, 1.807) is 18.6 Å². The van der Waals surface area contributed by atoms with Crippen LogP contribution in [0.3, 0.4) is 0 Å². The number of nitrogens with one attached hydrogen (secondary N) is 3. The molecule has 28 heavy (non-hydrogen) atoms. The molecule has 3 aromatic rings. The molecule has 1 fully saturated rings. The van der Waals surface area contributed by atoms with Crippen molar-refractivity contribution in [2.45, 2.75) is 6.42 Å². The van der Waals surface area contributed by atoms with Crippen LogP contribution >= 0.6 is 0 Å². The zero-order chi connectivity index (χ0) is 19.0. The summed E-state index contributed by atoms with van der Waals surface area (Å²) in [6.07, 6.45) is 6.46. The standard InChI is InChI=1S/C21H25N7/c1-3-18(17-5-9-22-10-6-17)15-19(4-1)26-21-25-11-7-20(27-21)24-8-2-13-28-14-12-23-16-28/h1,3-7,9-11,15,23H,2,8,12-14,16H2,(H2,24,25,26,27). The minimum atomic E-state index is 0.584. The van der Waals surface area contributed by atoms with Crippen molar-refractivity contribution in [3.05, 3.63) is 61.1 Å². The van der Waals surface area contributed by atoms with Crippen LogP contribution in [-0.4, -0.2) is 52.7 Å². The first kappa shape index (κ1) is 18.3. The second-order valence-corrected chi connectivity index (χ2v) is 6.76. The third kappa shape index (κ3) is 5.03. The Labute approximate surface area is 165 Å². The minimum Gasteiger partial charge on any atom is -0.370 e. The summed E-state index contributed by atoms with van der Waals surface area (Å²) < 4.78 is 0. The molecule has 0 bridgehead atoms. The van der Waals surface area contributed by atoms with Gasteiger partial charge in [0.2, 0.25) is 5.95 Å². The first-order valence-corrected chi connectivity index (χ1v) is 9.64. The highest BCUT2D eigenvalue weighted by Gasteiger charge is 2.09. The Balaban J connectivity index is 1.34. The van der Waals surface area contributed by atoms with E-state index < -0.39 is 0 Å². The lowest BCUT2D eigenvalue weighted by Crippen LogP contribution is -2.24. The van der Waals surface area contributed by atoms with E-state index in [0.29, 0.717) is 5.95 Å². The molecular formula is C21H25N7. The molecule has 7 heteroatoms. The molecule has 3 N–H and O–H groups in total. The first-order valence-electron chi connectivity index (χ1n) is 9.64. The molecular weight excluding hydrogens is 350 g/mol. The van der Waals surface area contributed by atoms with Gasteiger partial charge in [0.1, 0.15) is 5.82 Å². The summed E-state index contributed by atoms with van der Waals surface area (Å²) in [4.78, 5) is 15.4. The summed E-state index contributed by atoms with van der Waals surface area (Å²) in [5.41, 5.74) is 3.20. The fraction of sp³-hybridized carbons (Fsp3) is 0.286. The Hall–Kier alpha value is -3.03. The number of benzene rings is 1. The average molecular weight is 375 g/mol. The predicted octanol–water partition coefficient (Wildman–Crippen LogP) is 2.95. The maximum absolute atomic E-state index is 4.57. The molecule has 0 aliphatic carbocycles. The first-order chi connectivity index (χ1) is 13.9. The van der Waals surface area contributed by atoms with Crippen molar-refractivity contribution < 1.29 is 0 Å². The normalized spacial score (nSPS) is 14.1. The number of rotatable bonds is 8. The molecule has 0 saturated carbocycles. The lowest BCUT2D eigenvalue weighted by atomic mass is 10.1. The highest BCUT2D eigenvalue weighted by atomic mass is 15.3. The van der Waals surface area contributed by atoms with E-state index in [4.69, 9.17) is 0 Å². The Kier molecular flexibility index (Phi) is 6.06. The molecule has 7 nitrogen and oxygen atoms in total. The van der Waals surface area contributed by atoms with E-state index in [2.05, 4.69) is 47.9 Å². The van der Waals surface area contributed by atoms with Crippen molar-refractivity contribution in [3.8, 4) is 11.1 Å². The van der Waals surface area contributed by atoms with Crippen LogP contribution in [0.2, 0.25) is 0 Å². The number of aromatic nitrogens is 3. The molecule has 1 aliphatic heterocycles. The van der Waals surface area contributed by atoms with Gasteiger partial charge in [0.25, 0.3) is 0 Å². The van der Waals surface area contributed by atoms with Gasteiger partial charge in [0, 0.05) is 57.1 Å². The fourth-order valence-electron chi connectivity index (χ4n) is 3.23. The van der Waals surface area contributed by atoms with Crippen molar-refractivity contribution >= 4 is 17.5 Å². The number of anilines is 3. The van der Waals surface area contributed by atoms with Crippen molar-refractivity contribution in [1.82, 2.24) is 25.2 Å². The summed E-state index contributed by atoms with van der Waals surface area (Å²) in [7, 11) is 0. The average Bonchev–Trinajstić information content (AvgIpc) is 3.26. The smallest absolute Gasteiger partial charge is 0.229 e. The van der Waals surface area contributed by atoms with Gasteiger partial charge in [0.15, 0.2) is 0 Å². The van der Waals surface area contributed by atoms with Crippen LogP contribution in [0.15, 0.2) is 61.1 Å². The van der Waals surface area contributed by atoms with Gasteiger partial charge >= 0.3 is 0 Å². The third-order valence-corrected chi connectivity index (χ3v) is 4.69. The second kappa shape index (κ2) is 9.25. The molecule has 0 atom stereocenters. The molecule has 144 valence electrons. The molecule has 4 rings (SSSR count). The van der Waals surface area contributed by atoms with Gasteiger partial charge in [-0.05, 0) is 47.9 Å². The maximum atomic E-state index is 4.57. The SMILES string of the molecule is c1cc(Nc2nccc(NCCCN3CCNC3)n2)cc(-c2ccncc2)c1. The van der Waals surface area contributed by atoms with Gasteiger partial charge in [-0.3, -0.25) is 9.88 Å². The number of nitrogens with zero attached hydrogens (tertiary/aromatic N) is 4. The Morgan fingerprint density at radius 1 is 1.04 bits per heavy atom. The summed E-state index contributed by atoms with van der Waals surface area (Å²) in [6, 6.07) is 14.1. The lowest BCUT2D eigenvalue weighted by molar-refractivity contribution is 0.333. The fourth-order valence-corrected chi connectivity index (χ4v) is 3.23. The maximum Gasteiger partial charge on any atom is 0.229 e. The zero-order valence-electron chi connectivity index (χ0n) is 15.8. The topological polar surface area (TPSA) is 78.0 Å². The zero-order valence-corrected chi connectivity index (χ0v) is 15.8. The van der Waals surface area contributed by atoms with E-state index in [0.717, 1.165) is 61.9 Å². The van der Waals surface area contributed by atoms with E-state index in [1.165, 1.54) is 0 Å². The largest absolute Gasteiger partial charge is 0.370 e. The van der Waals surface area contributed by atoms with Gasteiger partial charge < -0.3 is 16.0 Å². The summed E-state index contributed by atoms with van der Waals surface area (Å²) >= 11 is 0. The van der Waals surface area contributed by atoms with Gasteiger partial charge in [-0.25, -0.2) is 4.98 Å². The van der Waals surface area contributed by atoms with Crippen LogP contribution in [0.1, 0.15) is 6.42 Å². The summed E-state index contributed by atoms with van der Waals surface area (Å²) in [5, 5.41) is 10.0. The van der Waals surface area contributed by atoms with E-state index in [-0.39, 0.29) is 0 Å². The third-order valence-electron chi connectivity index (χ3n) is 4.69. The Morgan fingerprint density at radius 2 is 1.96 bits per heavy atom. The molecule has 3 heterocycles. The van der Waals surface area contributed by atoms with Crippen LogP contribution in [0.25, 0.3) is 11.1 Å². The van der Waals surface area contributed by atoms with Crippen molar-refractivity contribution in [2.24, 2.45) is 0 Å². The second-order valence-electron chi connectivity index (χ2n) is 6.76. The van der Waals surface area contributed by atoms with Crippen molar-refractivity contribution in [2.75, 3.05) is 43.5 Å². The highest BCUT2D eigenvalue weighted by Crippen LogP contribution is 2.23. The number of hydrogen-bond acceptors (Lipinski definition) is 7. The van der Waals surface area contributed by atoms with Crippen molar-refractivity contribution in [3.63, 3.8) is 0 Å². The van der Waals surface area contributed by atoms with E-state index in [9.17, 15) is 0 Å². The number of hydrogen-bond donors (Lipinski definition) is 3. The van der Waals surface area contributed by atoms with E-state index >= 15 is 0 Å². The molecule has 0 radical (unpaired) electrons. The minimum absolute atomic E-state index is 0.584. The molecule has 0 spiro atoms. The molecule has 1 saturated heterocycles. The molecule has 2 aromatic heterocycles. The highest BCUT2D eigenvalue weighted by molar-refractivity contribution is 5.69. The van der Waals surface area contributed by atoms with E-state index in [1.807, 2.05) is 30.3 Å². The molecule has 1 aliphatic rings. The van der Waals surface area contributed by atoms with Gasteiger partial charge in [-0.15, -0.1) is 0 Å². The van der Waals surface area contributed by atoms with Crippen LogP contribution in [0.5, 0.6) is 0 Å². The van der Waals surface area contributed by atoms with Crippen molar-refractivity contribution in [1.29, 1.82) is 0 Å². The Morgan fingerprint density at radius 3 is 2.82 bits per heavy atom. The predicted molar refractivity (Wildman–Crippen MR) is 113 cm³/mol. The summed E-state index contributed by atoms with van der Waals surface area (Å²) in [6.45, 7) is 5.22. The molecule has 0 unspecified atom stereocenters. The van der Waals surface area contributed by atoms with Crippen LogP contribution in [0.4, 0.5) is 17.5 Å². The number of pyridine rings is 1. The molecule has 0 amide bonds. The van der Waals surface area contributed by atoms with Crippen LogP contribution in [0, 0.1) is 0 Å². The molecule has 1 aromatic carbocycles. The quantitative estimate of drug-likeness (QED) is 0.523. The van der Waals surface area contributed by atoms with Crippen LogP contribution in [-0.2, 0) is 0 Å². The van der Waals surface area contributed by atoms with Gasteiger partial charge in [-0.1, -0.05) is 12.1 Å². The summed E-state index contributed by atoms with van der Waals surface area (Å²) in [5.74, 6) is 1.42. The van der Waals surface area contributed by atoms with Crippen LogP contribution < -0.4 is 16.0 Å². The monoisotopic (exact) mass is 375 g/mol. The van der Waals surface area contributed by atoms with Gasteiger partial charge in [-0.2, -0.15) is 4.98 Å². The Bertz CT molecular complexity index is 879. The lowest BCUT2D eigenvalue weighted by Gasteiger charge is -2.14. The van der Waals surface area contributed by atoms with Gasteiger partial charge in [0.05, 0.1) is 0 Å².